The molecule has 0 fully saturated rings. The van der Waals surface area contributed by atoms with Crippen molar-refractivity contribution in [2.75, 3.05) is 4.90 Å². The lowest BCUT2D eigenvalue weighted by Crippen LogP contribution is -2.56. The van der Waals surface area contributed by atoms with Gasteiger partial charge in [0.05, 0.1) is 5.69 Å². The van der Waals surface area contributed by atoms with Gasteiger partial charge in [0.25, 0.3) is 0 Å². The molecule has 1 aromatic carbocycles. The molecule has 0 aromatic heterocycles. The second-order valence-corrected chi connectivity index (χ2v) is 5.92. The van der Waals surface area contributed by atoms with Gasteiger partial charge in [0.15, 0.2) is 6.04 Å². The van der Waals surface area contributed by atoms with E-state index in [1.54, 1.807) is 52.0 Å². The first kappa shape index (κ1) is 15.2. The highest BCUT2D eigenvalue weighted by Crippen LogP contribution is 2.37. The Morgan fingerprint density at radius 2 is 1.90 bits per heavy atom. The number of hydrogen-bond donors (Lipinski definition) is 1. The van der Waals surface area contributed by atoms with Crippen LogP contribution in [0.1, 0.15) is 27.7 Å². The van der Waals surface area contributed by atoms with E-state index in [-0.39, 0.29) is 0 Å². The molecule has 2 rings (SSSR count). The van der Waals surface area contributed by atoms with Crippen molar-refractivity contribution in [3.8, 4) is 5.75 Å². The number of benzene rings is 1. The zero-order chi connectivity index (χ0) is 15.8. The number of fused-ring (bicyclic) bond motifs is 1. The highest BCUT2D eigenvalue weighted by molar-refractivity contribution is 5.97. The van der Waals surface area contributed by atoms with Crippen molar-refractivity contribution in [1.29, 1.82) is 0 Å². The number of carbonyl (C=O) groups is 2. The van der Waals surface area contributed by atoms with Crippen LogP contribution in [0.4, 0.5) is 10.5 Å². The lowest BCUT2D eigenvalue weighted by molar-refractivity contribution is -0.141. The van der Waals surface area contributed by atoms with Crippen molar-refractivity contribution >= 4 is 17.7 Å². The van der Waals surface area contributed by atoms with Gasteiger partial charge >= 0.3 is 12.1 Å². The zero-order valence-electron chi connectivity index (χ0n) is 12.5. The van der Waals surface area contributed by atoms with Crippen LogP contribution in [0.15, 0.2) is 24.3 Å². The molecule has 1 aliphatic rings. The Hall–Kier alpha value is -2.24. The summed E-state index contributed by atoms with van der Waals surface area (Å²) >= 11 is 0. The van der Waals surface area contributed by atoms with E-state index >= 15 is 0 Å². The maximum absolute atomic E-state index is 12.4. The molecule has 6 heteroatoms. The van der Waals surface area contributed by atoms with Gasteiger partial charge in [0.1, 0.15) is 17.5 Å². The number of carboxylic acid groups (broad SMARTS) is 1. The molecule has 1 aromatic rings. The summed E-state index contributed by atoms with van der Waals surface area (Å²) in [6, 6.07) is 5.69. The summed E-state index contributed by atoms with van der Waals surface area (Å²) in [6.07, 6.45) is -1.37. The van der Waals surface area contributed by atoms with Gasteiger partial charge in [-0.3, -0.25) is 4.90 Å². The van der Waals surface area contributed by atoms with E-state index in [4.69, 9.17) is 9.47 Å². The molecule has 2 atom stereocenters. The number of nitrogens with zero attached hydrogens (tertiary/aromatic N) is 1. The minimum atomic E-state index is -1.14. The molecule has 21 heavy (non-hydrogen) atoms. The summed E-state index contributed by atoms with van der Waals surface area (Å²) < 4.78 is 10.9. The Kier molecular flexibility index (Phi) is 3.80. The Bertz CT molecular complexity index is 563. The average molecular weight is 293 g/mol. The summed E-state index contributed by atoms with van der Waals surface area (Å²) in [7, 11) is 0. The second-order valence-electron chi connectivity index (χ2n) is 5.92. The van der Waals surface area contributed by atoms with E-state index in [1.807, 2.05) is 0 Å². The fraction of sp³-hybridized carbons (Fsp3) is 0.467. The molecule has 114 valence electrons. The number of carbonyl (C=O) groups excluding carboxylic acids is 1. The number of anilines is 1. The Labute approximate surface area is 123 Å². The fourth-order valence-electron chi connectivity index (χ4n) is 2.21. The molecular formula is C15H19NO5. The number of hydrogen-bond acceptors (Lipinski definition) is 4. The summed E-state index contributed by atoms with van der Waals surface area (Å²) in [5.74, 6) is -0.670. The van der Waals surface area contributed by atoms with Crippen LogP contribution >= 0.6 is 0 Å². The molecule has 1 aliphatic heterocycles. The number of amides is 1. The summed E-state index contributed by atoms with van der Waals surface area (Å²) in [5, 5.41) is 9.42. The van der Waals surface area contributed by atoms with Gasteiger partial charge in [-0.05, 0) is 39.8 Å². The van der Waals surface area contributed by atoms with Gasteiger partial charge in [0, 0.05) is 0 Å². The van der Waals surface area contributed by atoms with Crippen molar-refractivity contribution in [2.45, 2.75) is 45.4 Å². The number of para-hydroxylation sites is 2. The SMILES string of the molecule is CC1Oc2ccccc2N(C(=O)OC(C)(C)C)C1C(=O)O. The van der Waals surface area contributed by atoms with Crippen LogP contribution < -0.4 is 9.64 Å². The van der Waals surface area contributed by atoms with Gasteiger partial charge in [-0.2, -0.15) is 0 Å². The lowest BCUT2D eigenvalue weighted by Gasteiger charge is -2.38. The number of rotatable bonds is 1. The minimum Gasteiger partial charge on any atom is -0.486 e. The Morgan fingerprint density at radius 3 is 2.48 bits per heavy atom. The quantitative estimate of drug-likeness (QED) is 0.861. The third kappa shape index (κ3) is 3.09. The predicted octanol–water partition coefficient (Wildman–Crippen LogP) is 2.66. The molecule has 0 saturated carbocycles. The molecule has 0 bridgehead atoms. The van der Waals surface area contributed by atoms with Gasteiger partial charge in [-0.1, -0.05) is 12.1 Å². The maximum Gasteiger partial charge on any atom is 0.415 e. The molecule has 1 heterocycles. The molecular weight excluding hydrogens is 274 g/mol. The molecule has 0 aliphatic carbocycles. The number of carboxylic acids is 1. The third-order valence-corrected chi connectivity index (χ3v) is 3.00. The summed E-state index contributed by atoms with van der Waals surface area (Å²) in [5.41, 5.74) is -0.311. The first-order valence-corrected chi connectivity index (χ1v) is 6.71. The van der Waals surface area contributed by atoms with Crippen molar-refractivity contribution in [2.24, 2.45) is 0 Å². The van der Waals surface area contributed by atoms with E-state index in [0.717, 1.165) is 4.90 Å². The third-order valence-electron chi connectivity index (χ3n) is 3.00. The van der Waals surface area contributed by atoms with Gasteiger partial charge in [-0.15, -0.1) is 0 Å². The number of ether oxygens (including phenoxy) is 2. The van der Waals surface area contributed by atoms with Gasteiger partial charge in [0.2, 0.25) is 0 Å². The number of aliphatic carboxylic acids is 1. The van der Waals surface area contributed by atoms with Crippen LogP contribution in [0.25, 0.3) is 0 Å². The second kappa shape index (κ2) is 5.27. The largest absolute Gasteiger partial charge is 0.486 e. The smallest absolute Gasteiger partial charge is 0.415 e. The standard InChI is InChI=1S/C15H19NO5/c1-9-12(13(17)18)16(14(19)21-15(2,3)4)10-7-5-6-8-11(10)20-9/h5-9,12H,1-4H3,(H,17,18). The molecule has 0 spiro atoms. The van der Waals surface area contributed by atoms with E-state index in [9.17, 15) is 14.7 Å². The van der Waals surface area contributed by atoms with Crippen LogP contribution in [-0.4, -0.2) is 34.9 Å². The van der Waals surface area contributed by atoms with Gasteiger partial charge in [-0.25, -0.2) is 9.59 Å². The van der Waals surface area contributed by atoms with Crippen LogP contribution in [0.3, 0.4) is 0 Å². The molecule has 0 saturated heterocycles. The topological polar surface area (TPSA) is 76.1 Å². The molecule has 1 N–H and O–H groups in total. The zero-order valence-corrected chi connectivity index (χ0v) is 12.5. The van der Waals surface area contributed by atoms with Crippen molar-refractivity contribution in [3.63, 3.8) is 0 Å². The van der Waals surface area contributed by atoms with Crippen molar-refractivity contribution in [1.82, 2.24) is 0 Å². The molecule has 2 unspecified atom stereocenters. The minimum absolute atomic E-state index is 0.400. The van der Waals surface area contributed by atoms with E-state index < -0.39 is 29.8 Å². The Balaban J connectivity index is 2.46. The first-order valence-electron chi connectivity index (χ1n) is 6.71. The highest BCUT2D eigenvalue weighted by atomic mass is 16.6. The normalized spacial score (nSPS) is 21.2. The lowest BCUT2D eigenvalue weighted by atomic mass is 10.1. The average Bonchev–Trinajstić information content (AvgIpc) is 2.34. The van der Waals surface area contributed by atoms with Gasteiger partial charge < -0.3 is 14.6 Å². The Morgan fingerprint density at radius 1 is 1.29 bits per heavy atom. The maximum atomic E-state index is 12.4. The van der Waals surface area contributed by atoms with Crippen LogP contribution in [0.2, 0.25) is 0 Å². The van der Waals surface area contributed by atoms with E-state index in [2.05, 4.69) is 0 Å². The molecule has 0 radical (unpaired) electrons. The van der Waals surface area contributed by atoms with Crippen LogP contribution in [-0.2, 0) is 9.53 Å². The highest BCUT2D eigenvalue weighted by Gasteiger charge is 2.43. The fourth-order valence-corrected chi connectivity index (χ4v) is 2.21. The predicted molar refractivity (Wildman–Crippen MR) is 76.7 cm³/mol. The summed E-state index contributed by atoms with van der Waals surface area (Å²) in [4.78, 5) is 25.1. The van der Waals surface area contributed by atoms with Crippen LogP contribution in [0.5, 0.6) is 5.75 Å². The van der Waals surface area contributed by atoms with Crippen LogP contribution in [0, 0.1) is 0 Å². The first-order chi connectivity index (χ1) is 9.70. The van der Waals surface area contributed by atoms with Crippen molar-refractivity contribution in [3.05, 3.63) is 24.3 Å². The summed E-state index contributed by atoms with van der Waals surface area (Å²) in [6.45, 7) is 6.81. The van der Waals surface area contributed by atoms with E-state index in [0.29, 0.717) is 11.4 Å². The molecule has 6 nitrogen and oxygen atoms in total. The van der Waals surface area contributed by atoms with E-state index in [1.165, 1.54) is 0 Å². The molecule has 1 amide bonds. The van der Waals surface area contributed by atoms with Crippen molar-refractivity contribution < 1.29 is 24.2 Å². The monoisotopic (exact) mass is 293 g/mol.